The number of nitrogens with one attached hydrogen (secondary N) is 1. The Kier molecular flexibility index (Phi) is 10.6. The molecule has 2 atom stereocenters. The maximum absolute atomic E-state index is 13.4. The highest BCUT2D eigenvalue weighted by molar-refractivity contribution is 5.91. The van der Waals surface area contributed by atoms with Gasteiger partial charge in [-0.25, -0.2) is 20.5 Å². The second-order valence-electron chi connectivity index (χ2n) is 10.1. The summed E-state index contributed by atoms with van der Waals surface area (Å²) in [5.41, 5.74) is 3.73. The third-order valence-electron chi connectivity index (χ3n) is 6.97. The molecule has 1 aliphatic carbocycles. The van der Waals surface area contributed by atoms with Crippen molar-refractivity contribution in [3.05, 3.63) is 23.8 Å². The highest BCUT2D eigenvalue weighted by Gasteiger charge is 2.38. The summed E-state index contributed by atoms with van der Waals surface area (Å²) in [6.07, 6.45) is 10.5. The van der Waals surface area contributed by atoms with Gasteiger partial charge in [0.15, 0.2) is 5.78 Å². The number of rotatable bonds is 14. The predicted molar refractivity (Wildman–Crippen MR) is 130 cm³/mol. The Hall–Kier alpha value is -2.43. The van der Waals surface area contributed by atoms with Crippen molar-refractivity contribution in [3.63, 3.8) is 0 Å². The number of carbonyl (C=O) groups excluding carboxylic acids is 3. The summed E-state index contributed by atoms with van der Waals surface area (Å²) >= 11 is 0. The zero-order valence-electron chi connectivity index (χ0n) is 21.1. The second kappa shape index (κ2) is 13.6. The second-order valence-corrected chi connectivity index (χ2v) is 10.1. The van der Waals surface area contributed by atoms with Gasteiger partial charge in [0, 0.05) is 19.2 Å². The van der Waals surface area contributed by atoms with Crippen LogP contribution in [0, 0.1) is 11.8 Å². The Balaban J connectivity index is 1.61. The van der Waals surface area contributed by atoms with Gasteiger partial charge in [0.05, 0.1) is 24.6 Å². The fraction of sp³-hybridized carbons (Fsp3) is 0.720. The average Bonchev–Trinajstić information content (AvgIpc) is 3.53. The molecule has 3 rings (SSSR count). The number of nitrogens with zero attached hydrogens (tertiary/aromatic N) is 5. The van der Waals surface area contributed by atoms with E-state index in [1.54, 1.807) is 12.3 Å². The standard InChI is InChI=1S/C25H40N6O4/c1-29(2)14-6-5-9-24-26-12-10-21(28-24)16-23(33)22-11-13-27-31(22)25(34)20(17-30(35)18-32)15-19-7-3-4-8-19/h10,12,18-20,22,27,35H,3-9,11,13-17H2,1-2H3/t20-,22+/m1/s1. The molecular formula is C25H40N6O4. The lowest BCUT2D eigenvalue weighted by Crippen LogP contribution is -2.51. The number of hydroxylamine groups is 2. The molecule has 0 unspecified atom stereocenters. The maximum Gasteiger partial charge on any atom is 0.242 e. The number of carbonyl (C=O) groups is 3. The van der Waals surface area contributed by atoms with Crippen molar-refractivity contribution in [1.29, 1.82) is 0 Å². The molecule has 2 N–H and O–H groups in total. The van der Waals surface area contributed by atoms with Gasteiger partial charge in [-0.05, 0) is 58.3 Å². The number of hydrogen-bond donors (Lipinski definition) is 2. The SMILES string of the molecule is CN(C)CCCCc1nccc(CC(=O)[C@@H]2CCNN2C(=O)[C@H](CC2CCCC2)CN(O)C=O)n1. The van der Waals surface area contributed by atoms with Crippen LogP contribution in [-0.2, 0) is 27.2 Å². The molecule has 2 amide bonds. The Morgan fingerprint density at radius 2 is 2.03 bits per heavy atom. The number of amides is 2. The molecule has 10 nitrogen and oxygen atoms in total. The van der Waals surface area contributed by atoms with E-state index >= 15 is 0 Å². The number of unbranched alkanes of at least 4 members (excludes halogenated alkanes) is 1. The molecule has 1 aromatic heterocycles. The topological polar surface area (TPSA) is 119 Å². The third kappa shape index (κ3) is 8.33. The van der Waals surface area contributed by atoms with E-state index in [9.17, 15) is 19.6 Å². The Labute approximate surface area is 208 Å². The Morgan fingerprint density at radius 3 is 2.74 bits per heavy atom. The van der Waals surface area contributed by atoms with E-state index in [-0.39, 0.29) is 24.7 Å². The number of aromatic nitrogens is 2. The molecule has 1 aliphatic heterocycles. The largest absolute Gasteiger partial charge is 0.309 e. The fourth-order valence-corrected chi connectivity index (χ4v) is 5.13. The molecule has 1 aromatic rings. The van der Waals surface area contributed by atoms with E-state index in [1.165, 1.54) is 5.01 Å². The fourth-order valence-electron chi connectivity index (χ4n) is 5.13. The number of Topliss-reactive ketones (excluding diaryl/α,β-unsaturated/α-hetero) is 1. The molecule has 194 valence electrons. The van der Waals surface area contributed by atoms with Gasteiger partial charge in [0.1, 0.15) is 11.9 Å². The molecule has 0 spiro atoms. The summed E-state index contributed by atoms with van der Waals surface area (Å²) in [6.45, 7) is 1.47. The molecule has 2 heterocycles. The van der Waals surface area contributed by atoms with Crippen LogP contribution in [0.3, 0.4) is 0 Å². The first kappa shape index (κ1) is 27.2. The van der Waals surface area contributed by atoms with E-state index in [1.807, 2.05) is 14.1 Å². The van der Waals surface area contributed by atoms with Crippen molar-refractivity contribution in [3.8, 4) is 0 Å². The molecule has 2 fully saturated rings. The molecule has 0 aromatic carbocycles. The van der Waals surface area contributed by atoms with E-state index in [2.05, 4.69) is 20.3 Å². The lowest BCUT2D eigenvalue weighted by molar-refractivity contribution is -0.159. The summed E-state index contributed by atoms with van der Waals surface area (Å²) in [4.78, 5) is 48.7. The summed E-state index contributed by atoms with van der Waals surface area (Å²) in [7, 11) is 4.10. The van der Waals surface area contributed by atoms with Gasteiger partial charge < -0.3 is 4.90 Å². The monoisotopic (exact) mass is 488 g/mol. The van der Waals surface area contributed by atoms with Gasteiger partial charge in [-0.3, -0.25) is 24.6 Å². The smallest absolute Gasteiger partial charge is 0.242 e. The van der Waals surface area contributed by atoms with Crippen molar-refractivity contribution < 1.29 is 19.6 Å². The first-order valence-corrected chi connectivity index (χ1v) is 12.8. The van der Waals surface area contributed by atoms with E-state index in [0.717, 1.165) is 57.3 Å². The van der Waals surface area contributed by atoms with Crippen LogP contribution >= 0.6 is 0 Å². The van der Waals surface area contributed by atoms with E-state index in [0.29, 0.717) is 42.5 Å². The van der Waals surface area contributed by atoms with Crippen LogP contribution in [0.25, 0.3) is 0 Å². The minimum absolute atomic E-state index is 0.0684. The number of hydrogen-bond acceptors (Lipinski definition) is 8. The first-order chi connectivity index (χ1) is 16.9. The summed E-state index contributed by atoms with van der Waals surface area (Å²) in [5.74, 6) is 0.273. The third-order valence-corrected chi connectivity index (χ3v) is 6.97. The van der Waals surface area contributed by atoms with Crippen LogP contribution in [0.2, 0.25) is 0 Å². The zero-order chi connectivity index (χ0) is 25.2. The van der Waals surface area contributed by atoms with Gasteiger partial charge >= 0.3 is 0 Å². The molecule has 0 radical (unpaired) electrons. The molecule has 2 aliphatic rings. The van der Waals surface area contributed by atoms with Gasteiger partial charge in [-0.2, -0.15) is 0 Å². The number of aryl methyl sites for hydroxylation is 1. The van der Waals surface area contributed by atoms with Crippen LogP contribution < -0.4 is 5.43 Å². The van der Waals surface area contributed by atoms with Crippen LogP contribution in [0.1, 0.15) is 62.9 Å². The molecule has 1 saturated heterocycles. The van der Waals surface area contributed by atoms with Crippen LogP contribution in [0.5, 0.6) is 0 Å². The lowest BCUT2D eigenvalue weighted by Gasteiger charge is -2.29. The average molecular weight is 489 g/mol. The van der Waals surface area contributed by atoms with Crippen molar-refractivity contribution in [2.75, 3.05) is 33.7 Å². The highest BCUT2D eigenvalue weighted by Crippen LogP contribution is 2.31. The van der Waals surface area contributed by atoms with Crippen molar-refractivity contribution in [2.45, 2.75) is 70.3 Å². The zero-order valence-corrected chi connectivity index (χ0v) is 21.1. The van der Waals surface area contributed by atoms with E-state index in [4.69, 9.17) is 0 Å². The molecule has 10 heteroatoms. The highest BCUT2D eigenvalue weighted by atomic mass is 16.5. The van der Waals surface area contributed by atoms with Crippen molar-refractivity contribution in [2.24, 2.45) is 11.8 Å². The lowest BCUT2D eigenvalue weighted by atomic mass is 9.91. The van der Waals surface area contributed by atoms with Gasteiger partial charge in [0.25, 0.3) is 0 Å². The Bertz CT molecular complexity index is 845. The minimum Gasteiger partial charge on any atom is -0.309 e. The first-order valence-electron chi connectivity index (χ1n) is 12.8. The molecule has 1 saturated carbocycles. The molecule has 0 bridgehead atoms. The predicted octanol–water partition coefficient (Wildman–Crippen LogP) is 1.62. The minimum atomic E-state index is -0.588. The van der Waals surface area contributed by atoms with Crippen molar-refractivity contribution >= 4 is 18.1 Å². The summed E-state index contributed by atoms with van der Waals surface area (Å²) < 4.78 is 0. The molecular weight excluding hydrogens is 448 g/mol. The summed E-state index contributed by atoms with van der Waals surface area (Å²) in [5, 5.41) is 11.8. The van der Waals surface area contributed by atoms with Crippen molar-refractivity contribution in [1.82, 2.24) is 30.4 Å². The number of hydrazine groups is 1. The van der Waals surface area contributed by atoms with Crippen LogP contribution in [0.15, 0.2) is 12.3 Å². The Morgan fingerprint density at radius 1 is 1.26 bits per heavy atom. The van der Waals surface area contributed by atoms with Crippen LogP contribution in [0.4, 0.5) is 0 Å². The van der Waals surface area contributed by atoms with Gasteiger partial charge in [-0.15, -0.1) is 0 Å². The molecule has 35 heavy (non-hydrogen) atoms. The normalized spacial score (nSPS) is 19.3. The van der Waals surface area contributed by atoms with Gasteiger partial charge in [-0.1, -0.05) is 25.7 Å². The van der Waals surface area contributed by atoms with Crippen LogP contribution in [-0.4, -0.2) is 88.0 Å². The summed E-state index contributed by atoms with van der Waals surface area (Å²) in [6, 6.07) is 1.17. The van der Waals surface area contributed by atoms with Gasteiger partial charge in [0.2, 0.25) is 12.3 Å². The number of ketones is 1. The van der Waals surface area contributed by atoms with E-state index < -0.39 is 12.0 Å². The quantitative estimate of drug-likeness (QED) is 0.176. The maximum atomic E-state index is 13.4.